The maximum atomic E-state index is 10.7. The van der Waals surface area contributed by atoms with Gasteiger partial charge in [0.2, 0.25) is 5.96 Å². The van der Waals surface area contributed by atoms with E-state index in [9.17, 15) is 8.42 Å². The van der Waals surface area contributed by atoms with Crippen LogP contribution in [0.1, 0.15) is 25.7 Å². The van der Waals surface area contributed by atoms with Gasteiger partial charge in [0, 0.05) is 18.6 Å². The van der Waals surface area contributed by atoms with E-state index in [0.29, 0.717) is 13.0 Å². The van der Waals surface area contributed by atoms with Gasteiger partial charge in [0.05, 0.1) is 0 Å². The van der Waals surface area contributed by atoms with E-state index in [1.807, 2.05) is 0 Å². The van der Waals surface area contributed by atoms with Gasteiger partial charge in [-0.1, -0.05) is 12.8 Å². The van der Waals surface area contributed by atoms with Crippen molar-refractivity contribution >= 4 is 15.8 Å². The fourth-order valence-corrected chi connectivity index (χ4v) is 1.78. The molecule has 83 valence electrons. The summed E-state index contributed by atoms with van der Waals surface area (Å²) in [6, 6.07) is 0. The molecule has 0 aliphatic rings. The molecule has 0 fully saturated rings. The number of unbranched alkanes of at least 4 members (excludes halogenated alkanes) is 3. The van der Waals surface area contributed by atoms with Crippen LogP contribution in [-0.2, 0) is 9.84 Å². The first-order valence-corrected chi connectivity index (χ1v) is 6.69. The maximum absolute atomic E-state index is 10.7. The van der Waals surface area contributed by atoms with Gasteiger partial charge in [0.15, 0.2) is 0 Å². The van der Waals surface area contributed by atoms with E-state index in [4.69, 9.17) is 11.1 Å². The summed E-state index contributed by atoms with van der Waals surface area (Å²) in [6.07, 6.45) is 4.66. The van der Waals surface area contributed by atoms with E-state index in [0.717, 1.165) is 19.3 Å². The molecular weight excluding hydrogens is 202 g/mol. The fraction of sp³-hybridized carbons (Fsp3) is 0.875. The molecule has 0 saturated heterocycles. The van der Waals surface area contributed by atoms with Gasteiger partial charge in [-0.2, -0.15) is 0 Å². The summed E-state index contributed by atoms with van der Waals surface area (Å²) >= 11 is 0. The van der Waals surface area contributed by atoms with E-state index in [2.05, 4.69) is 5.32 Å². The molecule has 0 aromatic carbocycles. The number of sulfone groups is 1. The Morgan fingerprint density at radius 1 is 1.21 bits per heavy atom. The first kappa shape index (κ1) is 13.2. The Labute approximate surface area is 85.5 Å². The minimum absolute atomic E-state index is 0.259. The standard InChI is InChI=1S/C8H18N3O2S/c1-14(12,13)7-5-3-2-4-6-11-8(9)10/h9H,2-7H2,1H3,(H2,10,11). The van der Waals surface area contributed by atoms with Crippen LogP contribution in [0.15, 0.2) is 0 Å². The lowest BCUT2D eigenvalue weighted by Crippen LogP contribution is -2.24. The number of nitrogens with one attached hydrogen (secondary N) is 3. The zero-order chi connectivity index (χ0) is 11.0. The van der Waals surface area contributed by atoms with Crippen molar-refractivity contribution in [3.63, 3.8) is 0 Å². The van der Waals surface area contributed by atoms with Gasteiger partial charge in [-0.15, -0.1) is 0 Å². The summed E-state index contributed by atoms with van der Waals surface area (Å²) in [6.45, 7) is 0.626. The summed E-state index contributed by atoms with van der Waals surface area (Å²) in [5, 5.41) is 9.35. The van der Waals surface area contributed by atoms with Gasteiger partial charge in [0.25, 0.3) is 0 Å². The highest BCUT2D eigenvalue weighted by Crippen LogP contribution is 2.00. The van der Waals surface area contributed by atoms with Gasteiger partial charge >= 0.3 is 0 Å². The lowest BCUT2D eigenvalue weighted by atomic mass is 10.2. The van der Waals surface area contributed by atoms with Crippen LogP contribution in [0.25, 0.3) is 0 Å². The quantitative estimate of drug-likeness (QED) is 0.369. The molecule has 0 rings (SSSR count). The van der Waals surface area contributed by atoms with Gasteiger partial charge in [-0.25, -0.2) is 8.42 Å². The third kappa shape index (κ3) is 11.2. The van der Waals surface area contributed by atoms with Crippen LogP contribution < -0.4 is 11.1 Å². The van der Waals surface area contributed by atoms with Crippen molar-refractivity contribution < 1.29 is 8.42 Å². The lowest BCUT2D eigenvalue weighted by Gasteiger charge is -2.02. The second kappa shape index (κ2) is 6.64. The van der Waals surface area contributed by atoms with Crippen molar-refractivity contribution in [2.75, 3.05) is 18.6 Å². The minimum Gasteiger partial charge on any atom is -0.355 e. The highest BCUT2D eigenvalue weighted by molar-refractivity contribution is 7.90. The molecule has 1 radical (unpaired) electrons. The first-order valence-electron chi connectivity index (χ1n) is 4.63. The maximum Gasteiger partial charge on any atom is 0.207 e. The molecule has 3 N–H and O–H groups in total. The Morgan fingerprint density at radius 3 is 2.29 bits per heavy atom. The Kier molecular flexibility index (Phi) is 6.27. The Hall–Kier alpha value is -0.780. The second-order valence-electron chi connectivity index (χ2n) is 3.35. The number of rotatable bonds is 7. The van der Waals surface area contributed by atoms with Crippen molar-refractivity contribution in [3.8, 4) is 0 Å². The van der Waals surface area contributed by atoms with E-state index >= 15 is 0 Å². The molecule has 0 unspecified atom stereocenters. The van der Waals surface area contributed by atoms with Crippen molar-refractivity contribution in [2.45, 2.75) is 25.7 Å². The number of hydrogen-bond acceptors (Lipinski definition) is 3. The van der Waals surface area contributed by atoms with Gasteiger partial charge in [-0.3, -0.25) is 11.1 Å². The normalized spacial score (nSPS) is 11.2. The van der Waals surface area contributed by atoms with Crippen LogP contribution in [-0.4, -0.2) is 32.9 Å². The third-order valence-corrected chi connectivity index (χ3v) is 2.77. The van der Waals surface area contributed by atoms with Crippen LogP contribution in [0.3, 0.4) is 0 Å². The summed E-state index contributed by atoms with van der Waals surface area (Å²) in [7, 11) is -2.81. The van der Waals surface area contributed by atoms with Crippen molar-refractivity contribution in [1.29, 1.82) is 5.41 Å². The average molecular weight is 220 g/mol. The molecule has 0 atom stereocenters. The summed E-state index contributed by atoms with van der Waals surface area (Å²) in [5.41, 5.74) is 6.77. The van der Waals surface area contributed by atoms with Gasteiger partial charge in [-0.05, 0) is 12.8 Å². The van der Waals surface area contributed by atoms with Gasteiger partial charge < -0.3 is 5.32 Å². The second-order valence-corrected chi connectivity index (χ2v) is 5.61. The van der Waals surface area contributed by atoms with Gasteiger partial charge in [0.1, 0.15) is 9.84 Å². The summed E-state index contributed by atoms with van der Waals surface area (Å²) < 4.78 is 21.5. The molecule has 0 aromatic rings. The summed E-state index contributed by atoms with van der Waals surface area (Å²) in [4.78, 5) is 0. The molecule has 0 aliphatic heterocycles. The number of guanidine groups is 1. The molecule has 14 heavy (non-hydrogen) atoms. The predicted molar refractivity (Wildman–Crippen MR) is 57.0 cm³/mol. The van der Waals surface area contributed by atoms with E-state index in [-0.39, 0.29) is 11.7 Å². The minimum atomic E-state index is -2.81. The molecule has 0 saturated carbocycles. The summed E-state index contributed by atoms with van der Waals surface area (Å²) in [5.74, 6) is -0.00421. The number of hydrogen-bond donors (Lipinski definition) is 2. The molecule has 0 aliphatic carbocycles. The lowest BCUT2D eigenvalue weighted by molar-refractivity contribution is 0.592. The molecule has 0 aromatic heterocycles. The van der Waals surface area contributed by atoms with Crippen molar-refractivity contribution in [3.05, 3.63) is 0 Å². The van der Waals surface area contributed by atoms with E-state index in [1.54, 1.807) is 0 Å². The molecular formula is C8H18N3O2S. The van der Waals surface area contributed by atoms with Crippen molar-refractivity contribution in [1.82, 2.24) is 11.1 Å². The third-order valence-electron chi connectivity index (χ3n) is 1.74. The molecule has 6 heteroatoms. The fourth-order valence-electron chi connectivity index (χ4n) is 1.06. The van der Waals surface area contributed by atoms with Crippen LogP contribution in [0.5, 0.6) is 0 Å². The van der Waals surface area contributed by atoms with E-state index in [1.165, 1.54) is 6.26 Å². The molecule has 0 bridgehead atoms. The largest absolute Gasteiger partial charge is 0.355 e. The highest BCUT2D eigenvalue weighted by Gasteiger charge is 2.00. The average Bonchev–Trinajstić information content (AvgIpc) is 2.00. The Morgan fingerprint density at radius 2 is 1.79 bits per heavy atom. The predicted octanol–water partition coefficient (Wildman–Crippen LogP) is 0.399. The van der Waals surface area contributed by atoms with Crippen molar-refractivity contribution in [2.24, 2.45) is 0 Å². The molecule has 0 heterocycles. The van der Waals surface area contributed by atoms with Crippen LogP contribution in [0.4, 0.5) is 0 Å². The topological polar surface area (TPSA) is 93.8 Å². The highest BCUT2D eigenvalue weighted by atomic mass is 32.2. The smallest absolute Gasteiger partial charge is 0.207 e. The first-order chi connectivity index (χ1) is 6.42. The SMILES string of the molecule is CS(=O)(=O)CCCCCCNC([NH])=N. The zero-order valence-corrected chi connectivity index (χ0v) is 9.28. The molecule has 0 amide bonds. The Balaban J connectivity index is 3.19. The van der Waals surface area contributed by atoms with Crippen LogP contribution >= 0.6 is 0 Å². The monoisotopic (exact) mass is 220 g/mol. The Bertz CT molecular complexity index is 262. The van der Waals surface area contributed by atoms with E-state index < -0.39 is 9.84 Å². The van der Waals surface area contributed by atoms with Crippen LogP contribution in [0, 0.1) is 5.41 Å². The molecule has 0 spiro atoms. The molecule has 5 nitrogen and oxygen atoms in total. The zero-order valence-electron chi connectivity index (χ0n) is 8.47. The van der Waals surface area contributed by atoms with Crippen LogP contribution in [0.2, 0.25) is 0 Å².